The minimum atomic E-state index is -0.466. The quantitative estimate of drug-likeness (QED) is 0.455. The van der Waals surface area contributed by atoms with E-state index in [0.29, 0.717) is 12.1 Å². The van der Waals surface area contributed by atoms with Gasteiger partial charge in [-0.3, -0.25) is 0 Å². The number of thiol groups is 1. The van der Waals surface area contributed by atoms with Gasteiger partial charge in [-0.1, -0.05) is 0 Å². The average Bonchev–Trinajstić information content (AvgIpc) is 2.43. The van der Waals surface area contributed by atoms with E-state index in [1.165, 1.54) is 0 Å². The van der Waals surface area contributed by atoms with Gasteiger partial charge in [0.15, 0.2) is 0 Å². The second kappa shape index (κ2) is 4.27. The van der Waals surface area contributed by atoms with E-state index in [9.17, 15) is 10.1 Å². The molecule has 0 spiro atoms. The summed E-state index contributed by atoms with van der Waals surface area (Å²) in [6, 6.07) is 0. The lowest BCUT2D eigenvalue weighted by Crippen LogP contribution is -2.00. The van der Waals surface area contributed by atoms with Crippen molar-refractivity contribution in [3.63, 3.8) is 0 Å². The lowest BCUT2D eigenvalue weighted by atomic mass is 10.4. The average molecular weight is 201 g/mol. The highest BCUT2D eigenvalue weighted by Gasteiger charge is 2.16. The zero-order chi connectivity index (χ0) is 9.84. The van der Waals surface area contributed by atoms with Crippen molar-refractivity contribution in [1.29, 1.82) is 0 Å². The molecular weight excluding hydrogens is 190 g/mol. The van der Waals surface area contributed by atoms with Crippen molar-refractivity contribution >= 4 is 18.4 Å². The molecule has 0 saturated carbocycles. The van der Waals surface area contributed by atoms with Gasteiger partial charge in [0, 0.05) is 0 Å². The van der Waals surface area contributed by atoms with Crippen LogP contribution in [-0.2, 0) is 6.54 Å². The second-order valence-electron chi connectivity index (χ2n) is 2.73. The predicted octanol–water partition coefficient (Wildman–Crippen LogP) is 1.42. The topological polar surface area (TPSA) is 61.0 Å². The summed E-state index contributed by atoms with van der Waals surface area (Å²) < 4.78 is 1.59. The Morgan fingerprint density at radius 3 is 2.92 bits per heavy atom. The Morgan fingerprint density at radius 2 is 2.46 bits per heavy atom. The minimum absolute atomic E-state index is 0.0563. The molecule has 0 aliphatic carbocycles. The first-order valence-electron chi connectivity index (χ1n) is 3.94. The summed E-state index contributed by atoms with van der Waals surface area (Å²) in [5.74, 6) is 0.700. The summed E-state index contributed by atoms with van der Waals surface area (Å²) in [5, 5.41) is 14.3. The van der Waals surface area contributed by atoms with Gasteiger partial charge in [-0.15, -0.1) is 0 Å². The van der Waals surface area contributed by atoms with Gasteiger partial charge in [-0.2, -0.15) is 17.3 Å². The first kappa shape index (κ1) is 10.0. The van der Waals surface area contributed by atoms with Crippen LogP contribution in [0.25, 0.3) is 0 Å². The van der Waals surface area contributed by atoms with Gasteiger partial charge < -0.3 is 10.1 Å². The maximum atomic E-state index is 10.4. The van der Waals surface area contributed by atoms with Gasteiger partial charge in [0.05, 0.1) is 23.4 Å². The van der Waals surface area contributed by atoms with E-state index < -0.39 is 4.92 Å². The molecule has 1 aromatic rings. The summed E-state index contributed by atoms with van der Waals surface area (Å²) >= 11 is 4.05. The molecule has 72 valence electrons. The fourth-order valence-electron chi connectivity index (χ4n) is 1.04. The van der Waals surface area contributed by atoms with Crippen molar-refractivity contribution in [3.8, 4) is 0 Å². The molecule has 1 aromatic heterocycles. The molecular formula is C7H11N3O2S. The molecule has 0 N–H and O–H groups in total. The molecule has 0 aromatic carbocycles. The minimum Gasteiger partial charge on any atom is -0.358 e. The number of hydrogen-bond donors (Lipinski definition) is 1. The summed E-state index contributed by atoms with van der Waals surface area (Å²) in [6.07, 6.45) is 2.54. The van der Waals surface area contributed by atoms with Crippen molar-refractivity contribution in [1.82, 2.24) is 9.78 Å². The van der Waals surface area contributed by atoms with Crippen LogP contribution >= 0.6 is 12.6 Å². The van der Waals surface area contributed by atoms with Crippen molar-refractivity contribution in [2.24, 2.45) is 0 Å². The Morgan fingerprint density at radius 1 is 1.77 bits per heavy atom. The van der Waals surface area contributed by atoms with Crippen molar-refractivity contribution < 1.29 is 4.92 Å². The van der Waals surface area contributed by atoms with Crippen molar-refractivity contribution in [2.75, 3.05) is 5.75 Å². The molecule has 0 unspecified atom stereocenters. The fraction of sp³-hybridized carbons (Fsp3) is 0.571. The summed E-state index contributed by atoms with van der Waals surface area (Å²) in [7, 11) is 0. The van der Waals surface area contributed by atoms with Crippen LogP contribution in [0.3, 0.4) is 0 Å². The van der Waals surface area contributed by atoms with Gasteiger partial charge in [0.25, 0.3) is 0 Å². The van der Waals surface area contributed by atoms with E-state index >= 15 is 0 Å². The van der Waals surface area contributed by atoms with Crippen LogP contribution in [0.5, 0.6) is 0 Å². The number of hydrogen-bond acceptors (Lipinski definition) is 4. The van der Waals surface area contributed by atoms with Gasteiger partial charge in [0.1, 0.15) is 0 Å². The van der Waals surface area contributed by atoms with Gasteiger partial charge in [-0.25, -0.2) is 0 Å². The molecule has 0 amide bonds. The van der Waals surface area contributed by atoms with Crippen LogP contribution in [0, 0.1) is 17.0 Å². The first-order chi connectivity index (χ1) is 6.15. The Hall–Kier alpha value is -1.04. The number of aromatic nitrogens is 2. The molecule has 0 bridgehead atoms. The Kier molecular flexibility index (Phi) is 3.30. The standard InChI is InChI=1S/C7H11N3O2S/c1-6-5-9(3-2-4-13)8-7(6)10(11)12/h5,13H,2-4H2,1H3. The number of nitrogens with zero attached hydrogens (tertiary/aromatic N) is 3. The molecule has 0 saturated heterocycles. The van der Waals surface area contributed by atoms with Crippen LogP contribution in [-0.4, -0.2) is 20.5 Å². The highest BCUT2D eigenvalue weighted by atomic mass is 32.1. The molecule has 13 heavy (non-hydrogen) atoms. The predicted molar refractivity (Wildman–Crippen MR) is 52.1 cm³/mol. The van der Waals surface area contributed by atoms with Crippen LogP contribution in [0.15, 0.2) is 6.20 Å². The summed E-state index contributed by atoms with van der Waals surface area (Å²) in [5.41, 5.74) is 0.601. The highest BCUT2D eigenvalue weighted by Crippen LogP contribution is 2.13. The van der Waals surface area contributed by atoms with Crippen LogP contribution in [0.1, 0.15) is 12.0 Å². The van der Waals surface area contributed by atoms with Crippen LogP contribution in [0.2, 0.25) is 0 Å². The Balaban J connectivity index is 2.76. The maximum absolute atomic E-state index is 10.4. The van der Waals surface area contributed by atoms with E-state index in [4.69, 9.17) is 0 Å². The first-order valence-corrected chi connectivity index (χ1v) is 4.57. The molecule has 0 aliphatic heterocycles. The van der Waals surface area contributed by atoms with Gasteiger partial charge >= 0.3 is 5.82 Å². The third-order valence-corrected chi connectivity index (χ3v) is 1.95. The van der Waals surface area contributed by atoms with E-state index in [1.807, 2.05) is 0 Å². The molecule has 0 atom stereocenters. The third-order valence-electron chi connectivity index (χ3n) is 1.64. The monoisotopic (exact) mass is 201 g/mol. The molecule has 1 rings (SSSR count). The van der Waals surface area contributed by atoms with Gasteiger partial charge in [0.2, 0.25) is 0 Å². The highest BCUT2D eigenvalue weighted by molar-refractivity contribution is 7.80. The Bertz CT molecular complexity index is 311. The zero-order valence-corrected chi connectivity index (χ0v) is 8.20. The van der Waals surface area contributed by atoms with E-state index in [2.05, 4.69) is 17.7 Å². The third kappa shape index (κ3) is 2.45. The SMILES string of the molecule is Cc1cn(CCCS)nc1[N+](=O)[O-]. The number of aryl methyl sites for hydroxylation is 2. The fourth-order valence-corrected chi connectivity index (χ4v) is 1.18. The zero-order valence-electron chi connectivity index (χ0n) is 7.30. The van der Waals surface area contributed by atoms with E-state index in [0.717, 1.165) is 12.2 Å². The second-order valence-corrected chi connectivity index (χ2v) is 3.18. The summed E-state index contributed by atoms with van der Waals surface area (Å²) in [4.78, 5) is 9.96. The molecule has 5 nitrogen and oxygen atoms in total. The molecule has 1 heterocycles. The normalized spacial score (nSPS) is 10.3. The van der Waals surface area contributed by atoms with Crippen LogP contribution < -0.4 is 0 Å². The molecule has 0 aliphatic rings. The smallest absolute Gasteiger partial charge is 0.358 e. The van der Waals surface area contributed by atoms with E-state index in [-0.39, 0.29) is 5.82 Å². The molecule has 0 fully saturated rings. The molecule has 0 radical (unpaired) electrons. The maximum Gasteiger partial charge on any atom is 0.392 e. The van der Waals surface area contributed by atoms with E-state index in [1.54, 1.807) is 17.8 Å². The summed E-state index contributed by atoms with van der Waals surface area (Å²) in [6.45, 7) is 2.36. The number of nitro groups is 1. The van der Waals surface area contributed by atoms with Gasteiger partial charge in [-0.05, 0) is 24.0 Å². The van der Waals surface area contributed by atoms with Crippen molar-refractivity contribution in [3.05, 3.63) is 21.9 Å². The lowest BCUT2D eigenvalue weighted by molar-refractivity contribution is -0.390. The van der Waals surface area contributed by atoms with Crippen LogP contribution in [0.4, 0.5) is 5.82 Å². The lowest BCUT2D eigenvalue weighted by Gasteiger charge is -1.91. The van der Waals surface area contributed by atoms with Crippen molar-refractivity contribution in [2.45, 2.75) is 19.9 Å². The molecule has 6 heteroatoms. The largest absolute Gasteiger partial charge is 0.392 e. The number of rotatable bonds is 4. The Labute approximate surface area is 81.3 Å².